The number of carbonyl (C=O) groups excluding carboxylic acids is 1. The van der Waals surface area contributed by atoms with E-state index in [1.54, 1.807) is 11.3 Å². The number of carbonyl (C=O) groups is 1. The van der Waals surface area contributed by atoms with Gasteiger partial charge in [-0.25, -0.2) is 9.97 Å². The average molecular weight is 485 g/mol. The summed E-state index contributed by atoms with van der Waals surface area (Å²) < 4.78 is 3.29. The molecule has 4 aliphatic carbocycles. The van der Waals surface area contributed by atoms with Crippen molar-refractivity contribution in [1.82, 2.24) is 14.5 Å². The van der Waals surface area contributed by atoms with Gasteiger partial charge >= 0.3 is 0 Å². The van der Waals surface area contributed by atoms with Crippen LogP contribution < -0.4 is 4.90 Å². The summed E-state index contributed by atoms with van der Waals surface area (Å²) in [6, 6.07) is 6.43. The van der Waals surface area contributed by atoms with Crippen LogP contribution in [-0.2, 0) is 17.8 Å². The summed E-state index contributed by atoms with van der Waals surface area (Å²) in [7, 11) is 0. The van der Waals surface area contributed by atoms with Gasteiger partial charge < -0.3 is 4.57 Å². The number of nitrogens with zero attached hydrogens (tertiary/aromatic N) is 4. The van der Waals surface area contributed by atoms with Crippen LogP contribution in [0.2, 0.25) is 0 Å². The molecular weight excluding hydrogens is 452 g/mol. The lowest BCUT2D eigenvalue weighted by Crippen LogP contribution is -2.55. The van der Waals surface area contributed by atoms with Crippen molar-refractivity contribution in [2.45, 2.75) is 64.8 Å². The molecule has 4 bridgehead atoms. The van der Waals surface area contributed by atoms with Crippen molar-refractivity contribution in [3.8, 4) is 0 Å². The van der Waals surface area contributed by atoms with Gasteiger partial charge in [0.15, 0.2) is 5.13 Å². The van der Waals surface area contributed by atoms with Crippen LogP contribution in [0.1, 0.15) is 57.4 Å². The second-order valence-corrected chi connectivity index (χ2v) is 11.4. The number of para-hydroxylation sites is 1. The van der Waals surface area contributed by atoms with Crippen LogP contribution in [0.3, 0.4) is 0 Å². The molecule has 0 spiro atoms. The molecule has 2 heterocycles. The number of hydrogen-bond donors (Lipinski definition) is 0. The number of hydrogen-bond acceptors (Lipinski definition) is 4. The maximum atomic E-state index is 14.3. The number of aromatic nitrogens is 3. The maximum absolute atomic E-state index is 14.3. The Bertz CT molecular complexity index is 1090. The van der Waals surface area contributed by atoms with E-state index in [1.165, 1.54) is 29.5 Å². The molecule has 0 unspecified atom stereocenters. The number of amides is 1. The largest absolute Gasteiger partial charge is 0.337 e. The Morgan fingerprint density at radius 2 is 1.91 bits per heavy atom. The third-order valence-corrected chi connectivity index (χ3v) is 9.24. The fourth-order valence-corrected chi connectivity index (χ4v) is 8.21. The Morgan fingerprint density at radius 3 is 2.55 bits per heavy atom. The van der Waals surface area contributed by atoms with Gasteiger partial charge in [0.05, 0.1) is 22.0 Å². The predicted molar refractivity (Wildman–Crippen MR) is 136 cm³/mol. The predicted octanol–water partition coefficient (Wildman–Crippen LogP) is 6.12. The molecule has 1 aromatic carbocycles. The van der Waals surface area contributed by atoms with E-state index in [9.17, 15) is 4.79 Å². The van der Waals surface area contributed by atoms with Crippen LogP contribution in [-0.4, -0.2) is 27.0 Å². The number of thiazole rings is 1. The van der Waals surface area contributed by atoms with E-state index in [1.807, 2.05) is 18.7 Å². The molecule has 33 heavy (non-hydrogen) atoms. The Morgan fingerprint density at radius 1 is 1.18 bits per heavy atom. The summed E-state index contributed by atoms with van der Waals surface area (Å²) in [6.07, 6.45) is 14.9. The first-order valence-electron chi connectivity index (χ1n) is 12.3. The highest BCUT2D eigenvalue weighted by molar-refractivity contribution is 7.22. The first-order chi connectivity index (χ1) is 15.6. The number of benzene rings is 1. The van der Waals surface area contributed by atoms with Crippen LogP contribution in [0.5, 0.6) is 0 Å². The van der Waals surface area contributed by atoms with Crippen molar-refractivity contribution in [2.24, 2.45) is 23.2 Å². The number of imidazole rings is 1. The summed E-state index contributed by atoms with van der Waals surface area (Å²) in [5, 5.41) is 0.896. The average Bonchev–Trinajstić information content (AvgIpc) is 3.45. The Hall–Kier alpha value is -1.92. The van der Waals surface area contributed by atoms with Gasteiger partial charge in [0, 0.05) is 25.5 Å². The molecule has 7 rings (SSSR count). The monoisotopic (exact) mass is 484 g/mol. The minimum absolute atomic E-state index is 0. The van der Waals surface area contributed by atoms with Crippen LogP contribution >= 0.6 is 23.7 Å². The van der Waals surface area contributed by atoms with Crippen molar-refractivity contribution in [3.05, 3.63) is 42.5 Å². The van der Waals surface area contributed by atoms with Gasteiger partial charge in [0.1, 0.15) is 0 Å². The van der Waals surface area contributed by atoms with Crippen LogP contribution in [0.4, 0.5) is 5.13 Å². The van der Waals surface area contributed by atoms with Gasteiger partial charge in [-0.3, -0.25) is 9.69 Å². The van der Waals surface area contributed by atoms with Crippen molar-refractivity contribution in [1.29, 1.82) is 0 Å². The molecule has 0 aliphatic heterocycles. The maximum Gasteiger partial charge on any atom is 0.235 e. The normalized spacial score (nSPS) is 27.6. The molecule has 0 atom stereocenters. The zero-order valence-corrected chi connectivity index (χ0v) is 20.9. The van der Waals surface area contributed by atoms with Gasteiger partial charge in [-0.2, -0.15) is 0 Å². The zero-order chi connectivity index (χ0) is 21.7. The Kier molecular flexibility index (Phi) is 6.25. The molecule has 0 saturated heterocycles. The van der Waals surface area contributed by atoms with Gasteiger partial charge in [0.25, 0.3) is 0 Å². The summed E-state index contributed by atoms with van der Waals surface area (Å²) >= 11 is 1.69. The Labute approximate surface area is 206 Å². The van der Waals surface area contributed by atoms with E-state index >= 15 is 0 Å². The quantitative estimate of drug-likeness (QED) is 0.406. The van der Waals surface area contributed by atoms with Crippen molar-refractivity contribution in [3.63, 3.8) is 0 Å². The highest BCUT2D eigenvalue weighted by Crippen LogP contribution is 2.60. The molecule has 4 saturated carbocycles. The third-order valence-electron chi connectivity index (χ3n) is 8.20. The molecule has 2 aromatic heterocycles. The van der Waals surface area contributed by atoms with E-state index < -0.39 is 0 Å². The second kappa shape index (κ2) is 9.03. The number of rotatable bonds is 7. The van der Waals surface area contributed by atoms with Crippen molar-refractivity contribution >= 4 is 45.0 Å². The van der Waals surface area contributed by atoms with E-state index in [-0.39, 0.29) is 17.8 Å². The highest BCUT2D eigenvalue weighted by atomic mass is 35.5. The summed E-state index contributed by atoms with van der Waals surface area (Å²) in [6.45, 7) is 3.77. The number of aryl methyl sites for hydroxylation is 2. The molecule has 3 aromatic rings. The first-order valence-corrected chi connectivity index (χ1v) is 13.1. The Balaban J connectivity index is 0.00000228. The lowest BCUT2D eigenvalue weighted by Gasteiger charge is -2.56. The van der Waals surface area contributed by atoms with E-state index in [2.05, 4.69) is 39.6 Å². The number of halogens is 1. The van der Waals surface area contributed by atoms with Crippen LogP contribution in [0.25, 0.3) is 10.2 Å². The summed E-state index contributed by atoms with van der Waals surface area (Å²) in [5.41, 5.74) is 2.20. The van der Waals surface area contributed by atoms with E-state index in [4.69, 9.17) is 4.98 Å². The van der Waals surface area contributed by atoms with Gasteiger partial charge in [-0.15, -0.1) is 12.4 Å². The van der Waals surface area contributed by atoms with Gasteiger partial charge in [-0.1, -0.05) is 30.4 Å². The van der Waals surface area contributed by atoms with Crippen LogP contribution in [0, 0.1) is 23.2 Å². The highest BCUT2D eigenvalue weighted by Gasteiger charge is 2.55. The fraction of sp³-hybridized carbons (Fsp3) is 0.577. The number of fused-ring (bicyclic) bond motifs is 1. The minimum Gasteiger partial charge on any atom is -0.337 e. The topological polar surface area (TPSA) is 51.0 Å². The third kappa shape index (κ3) is 4.10. The van der Waals surface area contributed by atoms with E-state index in [0.717, 1.165) is 73.6 Å². The lowest BCUT2D eigenvalue weighted by molar-refractivity contribution is -0.143. The molecule has 4 aliphatic rings. The molecule has 1 amide bonds. The van der Waals surface area contributed by atoms with Crippen molar-refractivity contribution in [2.75, 3.05) is 11.4 Å². The smallest absolute Gasteiger partial charge is 0.235 e. The first kappa shape index (κ1) is 22.9. The number of anilines is 1. The molecule has 0 radical (unpaired) electrons. The van der Waals surface area contributed by atoms with E-state index in [0.29, 0.717) is 5.91 Å². The van der Waals surface area contributed by atoms with Gasteiger partial charge in [0.2, 0.25) is 5.91 Å². The van der Waals surface area contributed by atoms with Crippen LogP contribution in [0.15, 0.2) is 36.9 Å². The molecular formula is C26H33ClN4OS. The molecule has 4 fully saturated rings. The molecule has 0 N–H and O–H groups in total. The molecule has 176 valence electrons. The second-order valence-electron chi connectivity index (χ2n) is 10.4. The lowest BCUT2D eigenvalue weighted by atomic mass is 9.49. The SMILES string of the molecule is CCc1cccc2sc(N(CCCn3ccnc3)C(=O)C34CC5CC(CC(C5)C3)C4)nc12.Cl. The fourth-order valence-electron chi connectivity index (χ4n) is 7.17. The summed E-state index contributed by atoms with van der Waals surface area (Å²) in [5.74, 6) is 2.65. The molecule has 7 heteroatoms. The van der Waals surface area contributed by atoms with Crippen molar-refractivity contribution < 1.29 is 4.79 Å². The summed E-state index contributed by atoms with van der Waals surface area (Å²) in [4.78, 5) is 25.6. The molecule has 5 nitrogen and oxygen atoms in total. The van der Waals surface area contributed by atoms with Gasteiger partial charge in [-0.05, 0) is 80.8 Å². The zero-order valence-electron chi connectivity index (χ0n) is 19.3. The minimum atomic E-state index is -0.144. The standard InChI is InChI=1S/C26H32N4OS.ClH/c1-2-21-5-3-6-22-23(21)28-25(32-22)30(9-4-8-29-10-7-27-17-29)24(31)26-14-18-11-19(15-26)13-20(12-18)16-26;/h3,5-7,10,17-20H,2,4,8-9,11-16H2,1H3;1H.